The second-order valence-electron chi connectivity index (χ2n) is 4.88. The summed E-state index contributed by atoms with van der Waals surface area (Å²) in [5.41, 5.74) is 1.07. The van der Waals surface area contributed by atoms with Gasteiger partial charge in [-0.3, -0.25) is 0 Å². The van der Waals surface area contributed by atoms with Crippen LogP contribution < -0.4 is 5.32 Å². The molecule has 19 heavy (non-hydrogen) atoms. The normalized spacial score (nSPS) is 23.3. The third kappa shape index (κ3) is 3.17. The lowest BCUT2D eigenvalue weighted by molar-refractivity contribution is 0.120. The predicted octanol–water partition coefficient (Wildman–Crippen LogP) is 1.84. The summed E-state index contributed by atoms with van der Waals surface area (Å²) in [6.07, 6.45) is -0.0924. The Hall–Kier alpha value is -1.75. The highest BCUT2D eigenvalue weighted by atomic mass is 16.4. The van der Waals surface area contributed by atoms with Gasteiger partial charge in [0.2, 0.25) is 0 Å². The van der Waals surface area contributed by atoms with Crippen molar-refractivity contribution in [2.45, 2.75) is 25.3 Å². The summed E-state index contributed by atoms with van der Waals surface area (Å²) >= 11 is 0. The summed E-state index contributed by atoms with van der Waals surface area (Å²) in [6, 6.07) is 7.34. The van der Waals surface area contributed by atoms with E-state index in [1.165, 1.54) is 4.90 Å². The first-order valence-electron chi connectivity index (χ1n) is 6.62. The van der Waals surface area contributed by atoms with Crippen molar-refractivity contribution in [2.24, 2.45) is 0 Å². The van der Waals surface area contributed by atoms with Crippen molar-refractivity contribution in [1.82, 2.24) is 10.2 Å². The molecule has 104 valence electrons. The molecule has 1 aromatic carbocycles. The van der Waals surface area contributed by atoms with Gasteiger partial charge in [-0.25, -0.2) is 4.79 Å². The van der Waals surface area contributed by atoms with E-state index in [0.717, 1.165) is 18.5 Å². The summed E-state index contributed by atoms with van der Waals surface area (Å²) in [7, 11) is 0. The quantitative estimate of drug-likeness (QED) is 0.779. The Kier molecular flexibility index (Phi) is 4.27. The highest BCUT2D eigenvalue weighted by molar-refractivity contribution is 5.65. The molecule has 0 aromatic heterocycles. The van der Waals surface area contributed by atoms with Gasteiger partial charge in [-0.2, -0.15) is 0 Å². The number of nitrogens with one attached hydrogen (secondary N) is 1. The predicted molar refractivity (Wildman–Crippen MR) is 72.5 cm³/mol. The van der Waals surface area contributed by atoms with Crippen molar-refractivity contribution in [3.63, 3.8) is 0 Å². The topological polar surface area (TPSA) is 72.8 Å². The van der Waals surface area contributed by atoms with Crippen LogP contribution >= 0.6 is 0 Å². The average molecular weight is 264 g/mol. The van der Waals surface area contributed by atoms with Crippen LogP contribution in [-0.4, -0.2) is 46.9 Å². The largest absolute Gasteiger partial charge is 0.508 e. The molecule has 1 aliphatic heterocycles. The Bertz CT molecular complexity index is 450. The summed E-state index contributed by atoms with van der Waals surface area (Å²) in [4.78, 5) is 12.5. The standard InChI is InChI=1S/C14H20N2O3/c1-2-15-13-9-16(14(18)19)7-6-12(13)10-4-3-5-11(17)8-10/h3-5,8,12-13,15,17H,2,6-7,9H2,1H3,(H,18,19)/t12-,13+/m1/s1. The number of carboxylic acid groups (broad SMARTS) is 1. The average Bonchev–Trinajstić information content (AvgIpc) is 2.39. The van der Waals surface area contributed by atoms with Crippen molar-refractivity contribution in [1.29, 1.82) is 0 Å². The number of amides is 1. The molecule has 0 saturated carbocycles. The molecule has 5 nitrogen and oxygen atoms in total. The second kappa shape index (κ2) is 5.93. The van der Waals surface area contributed by atoms with Crippen LogP contribution in [0, 0.1) is 0 Å². The van der Waals surface area contributed by atoms with Gasteiger partial charge in [-0.15, -0.1) is 0 Å². The number of rotatable bonds is 3. The van der Waals surface area contributed by atoms with Gasteiger partial charge in [0.05, 0.1) is 0 Å². The van der Waals surface area contributed by atoms with Crippen molar-refractivity contribution in [2.75, 3.05) is 19.6 Å². The summed E-state index contributed by atoms with van der Waals surface area (Å²) in [6.45, 7) is 3.84. The minimum Gasteiger partial charge on any atom is -0.508 e. The van der Waals surface area contributed by atoms with E-state index in [9.17, 15) is 9.90 Å². The molecule has 1 amide bonds. The van der Waals surface area contributed by atoms with Crippen molar-refractivity contribution >= 4 is 6.09 Å². The van der Waals surface area contributed by atoms with Gasteiger partial charge >= 0.3 is 6.09 Å². The van der Waals surface area contributed by atoms with Crippen LogP contribution in [0.2, 0.25) is 0 Å². The monoisotopic (exact) mass is 264 g/mol. The number of hydrogen-bond acceptors (Lipinski definition) is 3. The Labute approximate surface area is 112 Å². The van der Waals surface area contributed by atoms with Crippen molar-refractivity contribution in [3.8, 4) is 5.75 Å². The zero-order chi connectivity index (χ0) is 13.8. The van der Waals surface area contributed by atoms with Crippen LogP contribution in [0.3, 0.4) is 0 Å². The van der Waals surface area contributed by atoms with E-state index in [-0.39, 0.29) is 17.7 Å². The number of likely N-dealkylation sites (N-methyl/N-ethyl adjacent to an activating group) is 1. The van der Waals surface area contributed by atoms with Gasteiger partial charge in [0.15, 0.2) is 0 Å². The number of likely N-dealkylation sites (tertiary alicyclic amines) is 1. The first-order chi connectivity index (χ1) is 9.11. The minimum absolute atomic E-state index is 0.0941. The van der Waals surface area contributed by atoms with Crippen molar-refractivity contribution < 1.29 is 15.0 Å². The number of phenols is 1. The van der Waals surface area contributed by atoms with Gasteiger partial charge in [0.1, 0.15) is 5.75 Å². The molecule has 2 rings (SSSR count). The van der Waals surface area contributed by atoms with E-state index in [4.69, 9.17) is 5.11 Å². The maximum atomic E-state index is 11.1. The van der Waals surface area contributed by atoms with Crippen LogP contribution in [0.25, 0.3) is 0 Å². The fraction of sp³-hybridized carbons (Fsp3) is 0.500. The van der Waals surface area contributed by atoms with Gasteiger partial charge in [0.25, 0.3) is 0 Å². The van der Waals surface area contributed by atoms with Crippen LogP contribution in [0.15, 0.2) is 24.3 Å². The van der Waals surface area contributed by atoms with Crippen molar-refractivity contribution in [3.05, 3.63) is 29.8 Å². The van der Waals surface area contributed by atoms with Crippen LogP contribution in [0.4, 0.5) is 4.79 Å². The molecule has 0 aliphatic carbocycles. The third-order valence-corrected chi connectivity index (χ3v) is 3.65. The molecule has 3 N–H and O–H groups in total. The van der Waals surface area contributed by atoms with Gasteiger partial charge < -0.3 is 20.4 Å². The molecule has 1 aliphatic rings. The lowest BCUT2D eigenvalue weighted by atomic mass is 9.85. The first kappa shape index (κ1) is 13.7. The fourth-order valence-corrected chi connectivity index (χ4v) is 2.75. The fourth-order valence-electron chi connectivity index (χ4n) is 2.75. The van der Waals surface area contributed by atoms with E-state index < -0.39 is 6.09 Å². The molecule has 0 unspecified atom stereocenters. The zero-order valence-corrected chi connectivity index (χ0v) is 11.0. The van der Waals surface area contributed by atoms with Gasteiger partial charge in [-0.05, 0) is 30.7 Å². The Morgan fingerprint density at radius 3 is 2.95 bits per heavy atom. The molecule has 1 saturated heterocycles. The number of piperidine rings is 1. The molecular formula is C14H20N2O3. The highest BCUT2D eigenvalue weighted by Gasteiger charge is 2.31. The SMILES string of the molecule is CCN[C@H]1CN(C(=O)O)CC[C@@H]1c1cccc(O)c1. The molecule has 0 radical (unpaired) electrons. The summed E-state index contributed by atoms with van der Waals surface area (Å²) < 4.78 is 0. The molecular weight excluding hydrogens is 244 g/mol. The zero-order valence-electron chi connectivity index (χ0n) is 11.0. The lowest BCUT2D eigenvalue weighted by Crippen LogP contribution is -2.51. The number of nitrogens with zero attached hydrogens (tertiary/aromatic N) is 1. The number of carbonyl (C=O) groups is 1. The third-order valence-electron chi connectivity index (χ3n) is 3.65. The molecule has 1 fully saturated rings. The number of aromatic hydroxyl groups is 1. The highest BCUT2D eigenvalue weighted by Crippen LogP contribution is 2.30. The van der Waals surface area contributed by atoms with Crippen LogP contribution in [0.1, 0.15) is 24.8 Å². The van der Waals surface area contributed by atoms with E-state index >= 15 is 0 Å². The number of hydrogen-bond donors (Lipinski definition) is 3. The molecule has 0 bridgehead atoms. The van der Waals surface area contributed by atoms with Crippen LogP contribution in [0.5, 0.6) is 5.75 Å². The Morgan fingerprint density at radius 2 is 2.32 bits per heavy atom. The van der Waals surface area contributed by atoms with Gasteiger partial charge in [-0.1, -0.05) is 19.1 Å². The van der Waals surface area contributed by atoms with Gasteiger partial charge in [0, 0.05) is 25.0 Å². The lowest BCUT2D eigenvalue weighted by Gasteiger charge is -2.38. The van der Waals surface area contributed by atoms with Crippen LogP contribution in [-0.2, 0) is 0 Å². The molecule has 1 heterocycles. The summed E-state index contributed by atoms with van der Waals surface area (Å²) in [5, 5.41) is 22.0. The smallest absolute Gasteiger partial charge is 0.407 e. The first-order valence-corrected chi connectivity index (χ1v) is 6.62. The summed E-state index contributed by atoms with van der Waals surface area (Å²) in [5.74, 6) is 0.496. The Morgan fingerprint density at radius 1 is 1.53 bits per heavy atom. The van der Waals surface area contributed by atoms with E-state index in [1.54, 1.807) is 12.1 Å². The maximum Gasteiger partial charge on any atom is 0.407 e. The van der Waals surface area contributed by atoms with E-state index in [1.807, 2.05) is 19.1 Å². The molecule has 5 heteroatoms. The Balaban J connectivity index is 2.17. The van der Waals surface area contributed by atoms with E-state index in [0.29, 0.717) is 13.1 Å². The molecule has 1 aromatic rings. The second-order valence-corrected chi connectivity index (χ2v) is 4.88. The number of phenolic OH excluding ortho intramolecular Hbond substituents is 1. The van der Waals surface area contributed by atoms with E-state index in [2.05, 4.69) is 5.32 Å². The maximum absolute atomic E-state index is 11.1. The molecule has 0 spiro atoms. The number of benzene rings is 1. The molecule has 2 atom stereocenters. The minimum atomic E-state index is -0.864.